The first-order chi connectivity index (χ1) is 10.2. The molecule has 3 heteroatoms. The first kappa shape index (κ1) is 11.7. The molecule has 2 saturated carbocycles. The van der Waals surface area contributed by atoms with E-state index >= 15 is 0 Å². The fourth-order valence-corrected chi connectivity index (χ4v) is 5.01. The highest BCUT2D eigenvalue weighted by atomic mass is 16.2. The maximum atomic E-state index is 12.9. The van der Waals surface area contributed by atoms with Crippen LogP contribution in [0.15, 0.2) is 36.4 Å². The average molecular weight is 279 g/mol. The van der Waals surface area contributed by atoms with Gasteiger partial charge in [-0.15, -0.1) is 0 Å². The molecule has 0 aromatic heterocycles. The summed E-state index contributed by atoms with van der Waals surface area (Å²) in [5.41, 5.74) is 1.76. The highest BCUT2D eigenvalue weighted by Gasteiger charge is 2.67. The minimum Gasteiger partial charge on any atom is -0.274 e. The third-order valence-corrected chi connectivity index (χ3v) is 6.02. The fourth-order valence-electron chi connectivity index (χ4n) is 5.01. The predicted molar refractivity (Wildman–Crippen MR) is 78.4 cm³/mol. The van der Waals surface area contributed by atoms with Gasteiger partial charge in [-0.3, -0.25) is 9.59 Å². The monoisotopic (exact) mass is 279 g/mol. The molecule has 0 spiro atoms. The summed E-state index contributed by atoms with van der Waals surface area (Å²) in [6.07, 6.45) is 5.64. The zero-order valence-corrected chi connectivity index (χ0v) is 11.9. The number of carbonyl (C=O) groups is 2. The van der Waals surface area contributed by atoms with E-state index in [2.05, 4.69) is 12.2 Å². The predicted octanol–water partition coefficient (Wildman–Crippen LogP) is 2.55. The number of hydrogen-bond donors (Lipinski definition) is 0. The van der Waals surface area contributed by atoms with E-state index in [1.165, 1.54) is 11.3 Å². The van der Waals surface area contributed by atoms with Crippen molar-refractivity contribution in [1.82, 2.24) is 0 Å². The quantitative estimate of drug-likeness (QED) is 0.585. The normalized spacial score (nSPS) is 42.2. The lowest BCUT2D eigenvalue weighted by molar-refractivity contribution is -0.124. The SMILES string of the molecule is Cc1ccccc1N1C(=O)[C@H]2[C@@H]3C=C[C@@H]([C@H]4C[C@H]34)[C@@H]2C1=O. The van der Waals surface area contributed by atoms with E-state index in [1.807, 2.05) is 31.2 Å². The summed E-state index contributed by atoms with van der Waals surface area (Å²) < 4.78 is 0. The van der Waals surface area contributed by atoms with Gasteiger partial charge in [-0.1, -0.05) is 30.4 Å². The standard InChI is InChI=1S/C18H17NO2/c1-9-4-2-3-5-14(9)19-17(20)15-10-6-7-11(13-8-12(10)13)16(15)18(19)21/h2-7,10-13,15-16H,8H2,1H3/t10-,11+,12-,13-,15+,16+/m1/s1. The number of rotatable bonds is 1. The molecule has 0 radical (unpaired) electrons. The number of benzene rings is 1. The molecule has 3 fully saturated rings. The molecule has 6 atom stereocenters. The van der Waals surface area contributed by atoms with Gasteiger partial charge >= 0.3 is 0 Å². The molecule has 21 heavy (non-hydrogen) atoms. The molecule has 2 amide bonds. The summed E-state index contributed by atoms with van der Waals surface area (Å²) >= 11 is 0. The maximum absolute atomic E-state index is 12.9. The molecule has 5 aliphatic rings. The lowest BCUT2D eigenvalue weighted by Gasteiger charge is -2.37. The van der Waals surface area contributed by atoms with Crippen molar-refractivity contribution in [3.05, 3.63) is 42.0 Å². The van der Waals surface area contributed by atoms with Gasteiger partial charge in [-0.2, -0.15) is 0 Å². The van der Waals surface area contributed by atoms with Gasteiger partial charge in [-0.25, -0.2) is 4.90 Å². The number of amides is 2. The number of allylic oxidation sites excluding steroid dienone is 2. The lowest BCUT2D eigenvalue weighted by Crippen LogP contribution is -2.40. The lowest BCUT2D eigenvalue weighted by atomic mass is 9.63. The molecule has 6 rings (SSSR count). The van der Waals surface area contributed by atoms with Crippen LogP contribution in [0.3, 0.4) is 0 Å². The van der Waals surface area contributed by atoms with E-state index in [1.54, 1.807) is 0 Å². The van der Waals surface area contributed by atoms with Crippen LogP contribution in [0.25, 0.3) is 0 Å². The Morgan fingerprint density at radius 3 is 2.10 bits per heavy atom. The number of para-hydroxylation sites is 1. The Labute approximate surface area is 123 Å². The number of carbonyl (C=O) groups excluding carboxylic acids is 2. The van der Waals surface area contributed by atoms with E-state index < -0.39 is 0 Å². The van der Waals surface area contributed by atoms with Crippen molar-refractivity contribution in [3.8, 4) is 0 Å². The molecule has 4 aliphatic carbocycles. The molecule has 0 unspecified atom stereocenters. The van der Waals surface area contributed by atoms with Gasteiger partial charge < -0.3 is 0 Å². The summed E-state index contributed by atoms with van der Waals surface area (Å²) in [6, 6.07) is 7.69. The Morgan fingerprint density at radius 2 is 1.52 bits per heavy atom. The Bertz CT molecular complexity index is 671. The van der Waals surface area contributed by atoms with Gasteiger partial charge in [0.1, 0.15) is 0 Å². The van der Waals surface area contributed by atoms with Crippen LogP contribution in [0.2, 0.25) is 0 Å². The summed E-state index contributed by atoms with van der Waals surface area (Å²) in [6.45, 7) is 1.96. The number of aryl methyl sites for hydroxylation is 1. The van der Waals surface area contributed by atoms with Gasteiger partial charge in [-0.05, 0) is 48.6 Å². The van der Waals surface area contributed by atoms with Crippen LogP contribution in [-0.4, -0.2) is 11.8 Å². The zero-order chi connectivity index (χ0) is 14.3. The first-order valence-corrected chi connectivity index (χ1v) is 7.80. The van der Waals surface area contributed by atoms with E-state index in [0.717, 1.165) is 11.3 Å². The molecule has 1 saturated heterocycles. The zero-order valence-electron chi connectivity index (χ0n) is 11.9. The van der Waals surface area contributed by atoms with Crippen LogP contribution in [0.5, 0.6) is 0 Å². The summed E-state index contributed by atoms with van der Waals surface area (Å²) in [5.74, 6) is 1.79. The van der Waals surface area contributed by atoms with Crippen molar-refractivity contribution < 1.29 is 9.59 Å². The van der Waals surface area contributed by atoms with E-state index in [0.29, 0.717) is 23.7 Å². The second-order valence-corrected chi connectivity index (χ2v) is 6.95. The number of anilines is 1. The Morgan fingerprint density at radius 1 is 0.952 bits per heavy atom. The molecule has 106 valence electrons. The van der Waals surface area contributed by atoms with Gasteiger partial charge in [0.25, 0.3) is 0 Å². The smallest absolute Gasteiger partial charge is 0.238 e. The first-order valence-electron chi connectivity index (χ1n) is 7.80. The topological polar surface area (TPSA) is 37.4 Å². The molecule has 1 heterocycles. The van der Waals surface area contributed by atoms with Crippen LogP contribution in [0, 0.1) is 42.4 Å². The molecule has 3 nitrogen and oxygen atoms in total. The fraction of sp³-hybridized carbons (Fsp3) is 0.444. The van der Waals surface area contributed by atoms with Crippen LogP contribution < -0.4 is 4.90 Å². The van der Waals surface area contributed by atoms with Gasteiger partial charge in [0.2, 0.25) is 11.8 Å². The Hall–Kier alpha value is -1.90. The van der Waals surface area contributed by atoms with Crippen molar-refractivity contribution in [1.29, 1.82) is 0 Å². The highest BCUT2D eigenvalue weighted by molar-refractivity contribution is 6.23. The molecule has 2 bridgehead atoms. The second-order valence-electron chi connectivity index (χ2n) is 6.95. The number of nitrogens with zero attached hydrogens (tertiary/aromatic N) is 1. The van der Waals surface area contributed by atoms with Crippen LogP contribution >= 0.6 is 0 Å². The highest BCUT2D eigenvalue weighted by Crippen LogP contribution is 2.65. The molecule has 1 aromatic rings. The second kappa shape index (κ2) is 3.65. The minimum atomic E-state index is -0.101. The largest absolute Gasteiger partial charge is 0.274 e. The van der Waals surface area contributed by atoms with Crippen molar-refractivity contribution >= 4 is 17.5 Å². The Balaban J connectivity index is 1.62. The molecule has 0 N–H and O–H groups in total. The third-order valence-electron chi connectivity index (χ3n) is 6.02. The minimum absolute atomic E-state index is 0.0315. The van der Waals surface area contributed by atoms with Crippen molar-refractivity contribution in [2.45, 2.75) is 13.3 Å². The summed E-state index contributed by atoms with van der Waals surface area (Å²) in [7, 11) is 0. The number of hydrogen-bond acceptors (Lipinski definition) is 2. The summed E-state index contributed by atoms with van der Waals surface area (Å²) in [4.78, 5) is 27.3. The van der Waals surface area contributed by atoms with Gasteiger partial charge in [0.15, 0.2) is 0 Å². The average Bonchev–Trinajstić information content (AvgIpc) is 3.26. The van der Waals surface area contributed by atoms with Gasteiger partial charge in [0, 0.05) is 0 Å². The summed E-state index contributed by atoms with van der Waals surface area (Å²) in [5, 5.41) is 0. The van der Waals surface area contributed by atoms with Gasteiger partial charge in [0.05, 0.1) is 17.5 Å². The van der Waals surface area contributed by atoms with E-state index in [-0.39, 0.29) is 23.7 Å². The molecule has 1 aromatic carbocycles. The van der Waals surface area contributed by atoms with E-state index in [4.69, 9.17) is 0 Å². The maximum Gasteiger partial charge on any atom is 0.238 e. The Kier molecular flexibility index (Phi) is 2.04. The van der Waals surface area contributed by atoms with Crippen LogP contribution in [0.4, 0.5) is 5.69 Å². The van der Waals surface area contributed by atoms with Crippen LogP contribution in [0.1, 0.15) is 12.0 Å². The molecular formula is C18H17NO2. The number of imide groups is 1. The molecular weight excluding hydrogens is 262 g/mol. The van der Waals surface area contributed by atoms with Crippen molar-refractivity contribution in [3.63, 3.8) is 0 Å². The van der Waals surface area contributed by atoms with E-state index in [9.17, 15) is 9.59 Å². The van der Waals surface area contributed by atoms with Crippen molar-refractivity contribution in [2.75, 3.05) is 4.90 Å². The molecule has 1 aliphatic heterocycles. The third kappa shape index (κ3) is 1.30. The van der Waals surface area contributed by atoms with Crippen molar-refractivity contribution in [2.24, 2.45) is 35.5 Å². The van der Waals surface area contributed by atoms with Crippen LogP contribution in [-0.2, 0) is 9.59 Å².